The molecule has 5 heteroatoms. The van der Waals surface area contributed by atoms with E-state index >= 15 is 0 Å². The van der Waals surface area contributed by atoms with E-state index in [1.165, 1.54) is 19.0 Å². The molecule has 2 aromatic heterocycles. The lowest BCUT2D eigenvalue weighted by atomic mass is 10.2. The van der Waals surface area contributed by atoms with Crippen molar-refractivity contribution in [3.63, 3.8) is 0 Å². The molecule has 19 heavy (non-hydrogen) atoms. The molecule has 2 rings (SSSR count). The minimum absolute atomic E-state index is 0.0297. The van der Waals surface area contributed by atoms with Gasteiger partial charge in [-0.05, 0) is 18.6 Å². The highest BCUT2D eigenvalue weighted by molar-refractivity contribution is 5.86. The summed E-state index contributed by atoms with van der Waals surface area (Å²) in [5.74, 6) is -0.399. The van der Waals surface area contributed by atoms with Gasteiger partial charge in [-0.15, -0.1) is 0 Å². The topological polar surface area (TPSA) is 63.8 Å². The predicted octanol–water partition coefficient (Wildman–Crippen LogP) is 2.99. The monoisotopic (exact) mass is 262 g/mol. The Balaban J connectivity index is 2.07. The largest absolute Gasteiger partial charge is 0.490 e. The summed E-state index contributed by atoms with van der Waals surface area (Å²) in [7, 11) is 0. The van der Waals surface area contributed by atoms with Gasteiger partial charge in [-0.2, -0.15) is 0 Å². The molecule has 0 aromatic carbocycles. The molecule has 0 aliphatic carbocycles. The number of aromatic carboxylic acids is 1. The van der Waals surface area contributed by atoms with Crippen molar-refractivity contribution in [3.8, 4) is 5.75 Å². The van der Waals surface area contributed by atoms with Crippen molar-refractivity contribution in [1.82, 2.24) is 9.38 Å². The van der Waals surface area contributed by atoms with E-state index in [4.69, 9.17) is 9.84 Å². The van der Waals surface area contributed by atoms with Gasteiger partial charge in [0.2, 0.25) is 0 Å². The first-order valence-electron chi connectivity index (χ1n) is 6.56. The van der Waals surface area contributed by atoms with Crippen molar-refractivity contribution in [2.24, 2.45) is 0 Å². The third-order valence-electron chi connectivity index (χ3n) is 2.92. The van der Waals surface area contributed by atoms with Gasteiger partial charge in [-0.25, -0.2) is 9.78 Å². The second-order valence-electron chi connectivity index (χ2n) is 4.44. The van der Waals surface area contributed by atoms with Gasteiger partial charge < -0.3 is 14.2 Å². The van der Waals surface area contributed by atoms with Crippen LogP contribution in [0.25, 0.3) is 5.65 Å². The van der Waals surface area contributed by atoms with Gasteiger partial charge in [0.1, 0.15) is 0 Å². The molecule has 0 amide bonds. The van der Waals surface area contributed by atoms with Gasteiger partial charge in [0.15, 0.2) is 17.1 Å². The van der Waals surface area contributed by atoms with Crippen LogP contribution in [0.3, 0.4) is 0 Å². The number of hydrogen-bond donors (Lipinski definition) is 1. The fraction of sp³-hybridized carbons (Fsp3) is 0.429. The van der Waals surface area contributed by atoms with Crippen molar-refractivity contribution < 1.29 is 14.6 Å². The summed E-state index contributed by atoms with van der Waals surface area (Å²) < 4.78 is 7.35. The zero-order valence-corrected chi connectivity index (χ0v) is 11.0. The first-order valence-corrected chi connectivity index (χ1v) is 6.56. The average Bonchev–Trinajstić information content (AvgIpc) is 2.83. The lowest BCUT2D eigenvalue weighted by molar-refractivity contribution is 0.0691. The molecule has 1 N–H and O–H groups in total. The van der Waals surface area contributed by atoms with E-state index in [1.54, 1.807) is 10.6 Å². The molecule has 2 aromatic rings. The number of rotatable bonds is 7. The highest BCUT2D eigenvalue weighted by Gasteiger charge is 2.11. The Labute approximate surface area is 111 Å². The maximum absolute atomic E-state index is 10.9. The van der Waals surface area contributed by atoms with Gasteiger partial charge in [0.25, 0.3) is 0 Å². The minimum atomic E-state index is -1.03. The standard InChI is InChI=1S/C14H18N2O3/c1-2-3-4-5-9-19-12-7-6-8-16-10-11(14(17)18)15-13(12)16/h6-8,10H,2-5,9H2,1H3,(H,17,18). The zero-order chi connectivity index (χ0) is 13.7. The number of fused-ring (bicyclic) bond motifs is 1. The number of hydrogen-bond acceptors (Lipinski definition) is 3. The fourth-order valence-electron chi connectivity index (χ4n) is 1.91. The first-order chi connectivity index (χ1) is 9.22. The highest BCUT2D eigenvalue weighted by atomic mass is 16.5. The Bertz CT molecular complexity index is 563. The minimum Gasteiger partial charge on any atom is -0.490 e. The van der Waals surface area contributed by atoms with Gasteiger partial charge >= 0.3 is 5.97 Å². The van der Waals surface area contributed by atoms with E-state index in [9.17, 15) is 4.79 Å². The maximum atomic E-state index is 10.9. The van der Waals surface area contributed by atoms with Gasteiger partial charge in [0.05, 0.1) is 6.61 Å². The molecule has 102 valence electrons. The van der Waals surface area contributed by atoms with Gasteiger partial charge in [0, 0.05) is 12.4 Å². The van der Waals surface area contributed by atoms with Crippen LogP contribution in [-0.2, 0) is 0 Å². The molecule has 2 heterocycles. The van der Waals surface area contributed by atoms with Crippen LogP contribution in [-0.4, -0.2) is 27.1 Å². The normalized spacial score (nSPS) is 10.8. The van der Waals surface area contributed by atoms with Crippen LogP contribution in [0.1, 0.15) is 43.1 Å². The molecular formula is C14H18N2O3. The molecule has 0 saturated heterocycles. The summed E-state index contributed by atoms with van der Waals surface area (Å²) in [5.41, 5.74) is 0.581. The van der Waals surface area contributed by atoms with Gasteiger partial charge in [-0.3, -0.25) is 0 Å². The highest BCUT2D eigenvalue weighted by Crippen LogP contribution is 2.19. The number of carboxylic acids is 1. The molecule has 0 unspecified atom stereocenters. The second-order valence-corrected chi connectivity index (χ2v) is 4.44. The smallest absolute Gasteiger partial charge is 0.356 e. The number of pyridine rings is 1. The predicted molar refractivity (Wildman–Crippen MR) is 71.8 cm³/mol. The SMILES string of the molecule is CCCCCCOc1cccn2cc(C(=O)O)nc12. The Hall–Kier alpha value is -2.04. The van der Waals surface area contributed by atoms with E-state index in [2.05, 4.69) is 11.9 Å². The molecule has 0 saturated carbocycles. The van der Waals surface area contributed by atoms with Crippen molar-refractivity contribution in [2.45, 2.75) is 32.6 Å². The van der Waals surface area contributed by atoms with Crippen molar-refractivity contribution >= 4 is 11.6 Å². The molecular weight excluding hydrogens is 244 g/mol. The first kappa shape index (κ1) is 13.4. The Morgan fingerprint density at radius 2 is 2.26 bits per heavy atom. The summed E-state index contributed by atoms with van der Waals surface area (Å²) in [6, 6.07) is 3.63. The third-order valence-corrected chi connectivity index (χ3v) is 2.92. The number of unbranched alkanes of at least 4 members (excludes halogenated alkanes) is 3. The van der Waals surface area contributed by atoms with Crippen LogP contribution in [0.2, 0.25) is 0 Å². The third kappa shape index (κ3) is 3.24. The van der Waals surface area contributed by atoms with E-state index in [0.29, 0.717) is 18.0 Å². The number of aromatic nitrogens is 2. The van der Waals surface area contributed by atoms with Crippen LogP contribution in [0.4, 0.5) is 0 Å². The van der Waals surface area contributed by atoms with Crippen LogP contribution < -0.4 is 4.74 Å². The Morgan fingerprint density at radius 1 is 1.42 bits per heavy atom. The summed E-state index contributed by atoms with van der Waals surface area (Å²) in [4.78, 5) is 15.0. The lowest BCUT2D eigenvalue weighted by Crippen LogP contribution is -1.99. The summed E-state index contributed by atoms with van der Waals surface area (Å²) >= 11 is 0. The van der Waals surface area contributed by atoms with E-state index in [1.807, 2.05) is 12.1 Å². The van der Waals surface area contributed by atoms with Crippen LogP contribution in [0.5, 0.6) is 5.75 Å². The Kier molecular flexibility index (Phi) is 4.39. The summed E-state index contributed by atoms with van der Waals surface area (Å²) in [6.45, 7) is 2.80. The molecule has 0 radical (unpaired) electrons. The number of carbonyl (C=O) groups is 1. The van der Waals surface area contributed by atoms with E-state index in [0.717, 1.165) is 12.8 Å². The molecule has 0 aliphatic rings. The van der Waals surface area contributed by atoms with Crippen LogP contribution in [0.15, 0.2) is 24.5 Å². The second kappa shape index (κ2) is 6.22. The van der Waals surface area contributed by atoms with E-state index < -0.39 is 5.97 Å². The molecule has 0 aliphatic heterocycles. The summed E-state index contributed by atoms with van der Waals surface area (Å²) in [5, 5.41) is 8.93. The summed E-state index contributed by atoms with van der Waals surface area (Å²) in [6.07, 6.45) is 7.80. The fourth-order valence-corrected chi connectivity index (χ4v) is 1.91. The van der Waals surface area contributed by atoms with Gasteiger partial charge in [-0.1, -0.05) is 26.2 Å². The number of imidazole rings is 1. The van der Waals surface area contributed by atoms with Crippen molar-refractivity contribution in [2.75, 3.05) is 6.61 Å². The lowest BCUT2D eigenvalue weighted by Gasteiger charge is -2.06. The molecule has 0 atom stereocenters. The zero-order valence-electron chi connectivity index (χ0n) is 11.0. The molecule has 5 nitrogen and oxygen atoms in total. The van der Waals surface area contributed by atoms with Crippen LogP contribution in [0, 0.1) is 0 Å². The Morgan fingerprint density at radius 3 is 3.00 bits per heavy atom. The number of carboxylic acid groups (broad SMARTS) is 1. The molecule has 0 spiro atoms. The van der Waals surface area contributed by atoms with E-state index in [-0.39, 0.29) is 5.69 Å². The quantitative estimate of drug-likeness (QED) is 0.779. The number of ether oxygens (including phenoxy) is 1. The maximum Gasteiger partial charge on any atom is 0.356 e. The van der Waals surface area contributed by atoms with Crippen molar-refractivity contribution in [3.05, 3.63) is 30.2 Å². The average molecular weight is 262 g/mol. The van der Waals surface area contributed by atoms with Crippen molar-refractivity contribution in [1.29, 1.82) is 0 Å². The molecule has 0 fully saturated rings. The molecule has 0 bridgehead atoms. The number of nitrogens with zero attached hydrogens (tertiary/aromatic N) is 2. The van der Waals surface area contributed by atoms with Crippen LogP contribution >= 0.6 is 0 Å².